The predicted molar refractivity (Wildman–Crippen MR) is 139 cm³/mol. The number of alkyl carbamates (subject to hydrolysis) is 1. The first kappa shape index (κ1) is 26.9. The van der Waals surface area contributed by atoms with Crippen molar-refractivity contribution < 1.29 is 19.4 Å². The predicted octanol–water partition coefficient (Wildman–Crippen LogP) is 5.08. The van der Waals surface area contributed by atoms with Gasteiger partial charge in [-0.2, -0.15) is 0 Å². The van der Waals surface area contributed by atoms with Crippen molar-refractivity contribution >= 4 is 6.09 Å². The molecule has 35 heavy (non-hydrogen) atoms. The number of ether oxygens (including phenoxy) is 2. The lowest BCUT2D eigenvalue weighted by molar-refractivity contribution is 0.0415. The van der Waals surface area contributed by atoms with Gasteiger partial charge in [-0.05, 0) is 69.7 Å². The van der Waals surface area contributed by atoms with E-state index in [1.54, 1.807) is 6.08 Å². The number of rotatable bonds is 10. The van der Waals surface area contributed by atoms with Crippen LogP contribution in [0.5, 0.6) is 0 Å². The molecule has 1 amide bonds. The van der Waals surface area contributed by atoms with E-state index < -0.39 is 23.8 Å². The maximum absolute atomic E-state index is 12.5. The summed E-state index contributed by atoms with van der Waals surface area (Å²) >= 11 is 0. The lowest BCUT2D eigenvalue weighted by atomic mass is 9.98. The molecule has 6 heteroatoms. The Morgan fingerprint density at radius 2 is 1.94 bits per heavy atom. The summed E-state index contributed by atoms with van der Waals surface area (Å²) in [5.74, 6) is 0. The van der Waals surface area contributed by atoms with Gasteiger partial charge in [-0.15, -0.1) is 6.58 Å². The maximum Gasteiger partial charge on any atom is 0.407 e. The first-order chi connectivity index (χ1) is 16.6. The summed E-state index contributed by atoms with van der Waals surface area (Å²) in [5, 5.41) is 17.6. The Morgan fingerprint density at radius 1 is 1.23 bits per heavy atom. The van der Waals surface area contributed by atoms with Crippen LogP contribution in [0.15, 0.2) is 55.1 Å². The Hall–Kier alpha value is -2.67. The molecule has 0 aromatic heterocycles. The summed E-state index contributed by atoms with van der Waals surface area (Å²) in [6.45, 7) is 14.3. The van der Waals surface area contributed by atoms with Crippen LogP contribution in [0.25, 0.3) is 0 Å². The van der Waals surface area contributed by atoms with Gasteiger partial charge in [0.05, 0.1) is 24.9 Å². The van der Waals surface area contributed by atoms with E-state index in [1.165, 1.54) is 22.3 Å². The second-order valence-corrected chi connectivity index (χ2v) is 10.4. The molecule has 0 fully saturated rings. The van der Waals surface area contributed by atoms with Gasteiger partial charge < -0.3 is 25.2 Å². The Morgan fingerprint density at radius 3 is 2.60 bits per heavy atom. The quantitative estimate of drug-likeness (QED) is 0.413. The van der Waals surface area contributed by atoms with Gasteiger partial charge in [0.15, 0.2) is 0 Å². The van der Waals surface area contributed by atoms with Gasteiger partial charge in [0.25, 0.3) is 0 Å². The number of carbonyl (C=O) groups is 1. The number of benzene rings is 2. The standard InChI is InChI=1S/C29H40N2O4/c1-7-13-34-26-17-23(22-15-19(2)14-20(3)27(22)26)30-18-25(32)24(16-21-11-9-8-10-12-21)31-28(33)35-29(4,5)6/h7-12,14-15,23-26,30,32H,1,13,16-18H2,2-6H3,(H,31,33)/t23-,24-,25+,26+/m0/s1. The fourth-order valence-electron chi connectivity index (χ4n) is 4.74. The van der Waals surface area contributed by atoms with E-state index >= 15 is 0 Å². The fraction of sp³-hybridized carbons (Fsp3) is 0.483. The minimum Gasteiger partial charge on any atom is -0.444 e. The molecule has 190 valence electrons. The van der Waals surface area contributed by atoms with Crippen molar-refractivity contribution in [3.63, 3.8) is 0 Å². The molecule has 1 aliphatic carbocycles. The van der Waals surface area contributed by atoms with Crippen molar-refractivity contribution in [2.75, 3.05) is 13.2 Å². The van der Waals surface area contributed by atoms with Crippen LogP contribution in [0.1, 0.15) is 67.2 Å². The van der Waals surface area contributed by atoms with Gasteiger partial charge >= 0.3 is 6.09 Å². The van der Waals surface area contributed by atoms with E-state index in [4.69, 9.17) is 9.47 Å². The minimum absolute atomic E-state index is 0.0155. The molecular formula is C29H40N2O4. The Bertz CT molecular complexity index is 1000. The lowest BCUT2D eigenvalue weighted by Gasteiger charge is -2.28. The second kappa shape index (κ2) is 11.8. The Labute approximate surface area is 209 Å². The van der Waals surface area contributed by atoms with E-state index in [-0.39, 0.29) is 12.1 Å². The highest BCUT2D eigenvalue weighted by Gasteiger charge is 2.34. The highest BCUT2D eigenvalue weighted by molar-refractivity contribution is 5.68. The third-order valence-electron chi connectivity index (χ3n) is 6.16. The topological polar surface area (TPSA) is 79.8 Å². The van der Waals surface area contributed by atoms with E-state index in [0.717, 1.165) is 12.0 Å². The zero-order valence-electron chi connectivity index (χ0n) is 21.6. The molecule has 2 aromatic rings. The molecule has 4 atom stereocenters. The molecule has 3 rings (SSSR count). The van der Waals surface area contributed by atoms with E-state index in [9.17, 15) is 9.90 Å². The number of amides is 1. The SMILES string of the molecule is C=CCO[C@@H]1C[C@H](NC[C@@H](O)[C@H](Cc2ccccc2)NC(=O)OC(C)(C)C)c2cc(C)cc(C)c21. The molecule has 0 saturated carbocycles. The molecule has 0 radical (unpaired) electrons. The molecule has 2 aromatic carbocycles. The van der Waals surface area contributed by atoms with Gasteiger partial charge in [0.2, 0.25) is 0 Å². The summed E-state index contributed by atoms with van der Waals surface area (Å²) in [6.07, 6.45) is 1.68. The maximum atomic E-state index is 12.5. The van der Waals surface area contributed by atoms with Crippen LogP contribution < -0.4 is 10.6 Å². The number of nitrogens with one attached hydrogen (secondary N) is 2. The van der Waals surface area contributed by atoms with Crippen molar-refractivity contribution in [1.29, 1.82) is 0 Å². The molecule has 1 aliphatic rings. The van der Waals surface area contributed by atoms with Gasteiger partial charge in [0, 0.05) is 12.6 Å². The second-order valence-electron chi connectivity index (χ2n) is 10.4. The van der Waals surface area contributed by atoms with Crippen LogP contribution in [0.3, 0.4) is 0 Å². The highest BCUT2D eigenvalue weighted by atomic mass is 16.6. The number of carbonyl (C=O) groups excluding carboxylic acids is 1. The molecule has 0 saturated heterocycles. The first-order valence-corrected chi connectivity index (χ1v) is 12.4. The third kappa shape index (κ3) is 7.66. The zero-order valence-corrected chi connectivity index (χ0v) is 21.6. The van der Waals surface area contributed by atoms with E-state index in [2.05, 4.69) is 43.2 Å². The van der Waals surface area contributed by atoms with Gasteiger partial charge in [-0.1, -0.05) is 54.1 Å². The van der Waals surface area contributed by atoms with Crippen molar-refractivity contribution in [2.24, 2.45) is 0 Å². The highest BCUT2D eigenvalue weighted by Crippen LogP contribution is 2.43. The van der Waals surface area contributed by atoms with Gasteiger partial charge in [-0.25, -0.2) is 4.79 Å². The minimum atomic E-state index is -0.815. The molecule has 0 spiro atoms. The first-order valence-electron chi connectivity index (χ1n) is 12.4. The van der Waals surface area contributed by atoms with Crippen molar-refractivity contribution in [3.05, 3.63) is 82.9 Å². The van der Waals surface area contributed by atoms with E-state index in [1.807, 2.05) is 51.1 Å². The van der Waals surface area contributed by atoms with Crippen LogP contribution in [-0.2, 0) is 15.9 Å². The number of aliphatic hydroxyl groups excluding tert-OH is 1. The average molecular weight is 481 g/mol. The van der Waals surface area contributed by atoms with Crippen LogP contribution in [0, 0.1) is 13.8 Å². The summed E-state index contributed by atoms with van der Waals surface area (Å²) in [4.78, 5) is 12.5. The van der Waals surface area contributed by atoms with Crippen LogP contribution >= 0.6 is 0 Å². The van der Waals surface area contributed by atoms with Crippen molar-refractivity contribution in [3.8, 4) is 0 Å². The number of aryl methyl sites for hydroxylation is 2. The normalized spacial score (nSPS) is 19.0. The number of hydrogen-bond donors (Lipinski definition) is 3. The van der Waals surface area contributed by atoms with Gasteiger partial charge in [0.1, 0.15) is 5.60 Å². The third-order valence-corrected chi connectivity index (χ3v) is 6.16. The zero-order chi connectivity index (χ0) is 25.6. The summed E-state index contributed by atoms with van der Waals surface area (Å²) in [5.41, 5.74) is 5.26. The molecule has 0 heterocycles. The average Bonchev–Trinajstić information content (AvgIpc) is 3.12. The molecule has 0 bridgehead atoms. The van der Waals surface area contributed by atoms with Crippen molar-refractivity contribution in [2.45, 2.75) is 77.4 Å². The summed E-state index contributed by atoms with van der Waals surface area (Å²) in [6, 6.07) is 13.8. The van der Waals surface area contributed by atoms with Crippen LogP contribution in [-0.4, -0.2) is 42.1 Å². The van der Waals surface area contributed by atoms with E-state index in [0.29, 0.717) is 19.6 Å². The molecule has 0 unspecified atom stereocenters. The molecule has 0 aliphatic heterocycles. The van der Waals surface area contributed by atoms with Crippen molar-refractivity contribution in [1.82, 2.24) is 10.6 Å². The molecular weight excluding hydrogens is 440 g/mol. The fourth-order valence-corrected chi connectivity index (χ4v) is 4.74. The number of hydrogen-bond acceptors (Lipinski definition) is 5. The number of aliphatic hydroxyl groups is 1. The number of fused-ring (bicyclic) bond motifs is 1. The van der Waals surface area contributed by atoms with Crippen LogP contribution in [0.4, 0.5) is 4.79 Å². The Balaban J connectivity index is 1.73. The smallest absolute Gasteiger partial charge is 0.407 e. The Kier molecular flexibility index (Phi) is 9.11. The van der Waals surface area contributed by atoms with Crippen LogP contribution in [0.2, 0.25) is 0 Å². The lowest BCUT2D eigenvalue weighted by Crippen LogP contribution is -2.50. The summed E-state index contributed by atoms with van der Waals surface area (Å²) < 4.78 is 11.5. The molecule has 6 nitrogen and oxygen atoms in total. The monoisotopic (exact) mass is 480 g/mol. The largest absolute Gasteiger partial charge is 0.444 e. The summed E-state index contributed by atoms with van der Waals surface area (Å²) in [7, 11) is 0. The molecule has 3 N–H and O–H groups in total. The van der Waals surface area contributed by atoms with Gasteiger partial charge in [-0.3, -0.25) is 0 Å².